The summed E-state index contributed by atoms with van der Waals surface area (Å²) in [6.45, 7) is 8.73. The van der Waals surface area contributed by atoms with E-state index in [9.17, 15) is 0 Å². The van der Waals surface area contributed by atoms with Crippen molar-refractivity contribution in [2.45, 2.75) is 45.7 Å². The number of nitrogens with zero attached hydrogens (tertiary/aromatic N) is 6. The highest BCUT2D eigenvalue weighted by molar-refractivity contribution is 14.0. The summed E-state index contributed by atoms with van der Waals surface area (Å²) in [5.41, 5.74) is 0. The number of nitrogens with one attached hydrogen (secondary N) is 2. The molecule has 9 nitrogen and oxygen atoms in total. The van der Waals surface area contributed by atoms with Gasteiger partial charge in [0.1, 0.15) is 18.2 Å². The van der Waals surface area contributed by atoms with E-state index in [0.29, 0.717) is 12.6 Å². The Morgan fingerprint density at radius 3 is 2.71 bits per heavy atom. The van der Waals surface area contributed by atoms with E-state index in [-0.39, 0.29) is 24.0 Å². The first-order valence-electron chi connectivity index (χ1n) is 10.8. The van der Waals surface area contributed by atoms with Crippen molar-refractivity contribution in [1.29, 1.82) is 0 Å². The molecule has 0 spiro atoms. The Morgan fingerprint density at radius 2 is 2.06 bits per heavy atom. The Morgan fingerprint density at radius 1 is 1.26 bits per heavy atom. The number of hydrogen-bond acceptors (Lipinski definition) is 6. The number of aromatic nitrogens is 4. The molecule has 0 unspecified atom stereocenters. The Hall–Kier alpha value is -1.95. The van der Waals surface area contributed by atoms with E-state index in [2.05, 4.69) is 36.8 Å². The van der Waals surface area contributed by atoms with Gasteiger partial charge in [-0.25, -0.2) is 9.98 Å². The van der Waals surface area contributed by atoms with Crippen LogP contribution in [0.1, 0.15) is 37.8 Å². The van der Waals surface area contributed by atoms with E-state index < -0.39 is 0 Å². The minimum atomic E-state index is 0. The highest BCUT2D eigenvalue weighted by Crippen LogP contribution is 2.17. The van der Waals surface area contributed by atoms with Crippen molar-refractivity contribution in [3.8, 4) is 0 Å². The number of aryl methyl sites for hydroxylation is 1. The summed E-state index contributed by atoms with van der Waals surface area (Å²) in [7, 11) is 1.97. The van der Waals surface area contributed by atoms with Gasteiger partial charge in [0.15, 0.2) is 11.8 Å². The zero-order valence-corrected chi connectivity index (χ0v) is 21.1. The van der Waals surface area contributed by atoms with Gasteiger partial charge >= 0.3 is 0 Å². The molecule has 172 valence electrons. The van der Waals surface area contributed by atoms with Crippen LogP contribution in [-0.2, 0) is 18.3 Å². The fraction of sp³-hybridized carbons (Fsp3) is 0.619. The molecule has 31 heavy (non-hydrogen) atoms. The molecule has 3 heterocycles. The second-order valence-corrected chi connectivity index (χ2v) is 7.46. The van der Waals surface area contributed by atoms with Crippen molar-refractivity contribution < 1.29 is 4.74 Å². The van der Waals surface area contributed by atoms with Crippen molar-refractivity contribution in [1.82, 2.24) is 30.4 Å². The highest BCUT2D eigenvalue weighted by atomic mass is 127. The smallest absolute Gasteiger partial charge is 0.191 e. The van der Waals surface area contributed by atoms with Crippen LogP contribution in [0.3, 0.4) is 0 Å². The average molecular weight is 542 g/mol. The lowest BCUT2D eigenvalue weighted by Gasteiger charge is -2.33. The minimum Gasteiger partial charge on any atom is -0.382 e. The number of guanidine groups is 1. The molecular formula is C21H35IN8O. The van der Waals surface area contributed by atoms with Crippen LogP contribution in [0.15, 0.2) is 29.4 Å². The summed E-state index contributed by atoms with van der Waals surface area (Å²) < 4.78 is 7.41. The molecule has 2 aromatic rings. The van der Waals surface area contributed by atoms with Gasteiger partial charge in [-0.1, -0.05) is 6.07 Å². The molecule has 0 aromatic carbocycles. The quantitative estimate of drug-likeness (QED) is 0.218. The van der Waals surface area contributed by atoms with Gasteiger partial charge in [0.2, 0.25) is 0 Å². The summed E-state index contributed by atoms with van der Waals surface area (Å²) in [6.07, 6.45) is 4.87. The standard InChI is InChI=1S/C21H34N8O.HI/c1-4-30-15-7-12-23-21(24-16-20-27-26-17(2)28(20)3)25-18-9-13-29(14-10-18)19-8-5-6-11-22-19;/h5-6,8,11,18H,4,7,9-10,12-16H2,1-3H3,(H2,23,24,25);1H. The topological polar surface area (TPSA) is 92.5 Å². The number of anilines is 1. The van der Waals surface area contributed by atoms with Gasteiger partial charge < -0.3 is 24.8 Å². The molecule has 2 N–H and O–H groups in total. The van der Waals surface area contributed by atoms with Gasteiger partial charge in [-0.2, -0.15) is 0 Å². The van der Waals surface area contributed by atoms with E-state index >= 15 is 0 Å². The highest BCUT2D eigenvalue weighted by Gasteiger charge is 2.21. The van der Waals surface area contributed by atoms with Gasteiger partial charge in [0.25, 0.3) is 0 Å². The van der Waals surface area contributed by atoms with Crippen LogP contribution in [-0.4, -0.2) is 64.6 Å². The van der Waals surface area contributed by atoms with Gasteiger partial charge in [0, 0.05) is 52.1 Å². The van der Waals surface area contributed by atoms with Crippen LogP contribution >= 0.6 is 24.0 Å². The number of piperidine rings is 1. The zero-order chi connectivity index (χ0) is 21.2. The molecule has 0 amide bonds. The summed E-state index contributed by atoms with van der Waals surface area (Å²) in [4.78, 5) is 11.6. The molecule has 1 aliphatic rings. The van der Waals surface area contributed by atoms with E-state index in [4.69, 9.17) is 9.73 Å². The van der Waals surface area contributed by atoms with E-state index in [1.54, 1.807) is 0 Å². The fourth-order valence-corrected chi connectivity index (χ4v) is 3.40. The first-order chi connectivity index (χ1) is 14.7. The summed E-state index contributed by atoms with van der Waals surface area (Å²) in [6, 6.07) is 6.45. The Balaban J connectivity index is 0.00000341. The Bertz CT molecular complexity index is 790. The van der Waals surface area contributed by atoms with Crippen molar-refractivity contribution in [2.24, 2.45) is 12.0 Å². The zero-order valence-electron chi connectivity index (χ0n) is 18.8. The fourth-order valence-electron chi connectivity index (χ4n) is 3.40. The molecular weight excluding hydrogens is 507 g/mol. The SMILES string of the molecule is CCOCCCNC(=NCc1nnc(C)n1C)NC1CCN(c2ccccn2)CC1.I. The molecule has 0 bridgehead atoms. The van der Waals surface area contributed by atoms with E-state index in [1.807, 2.05) is 43.8 Å². The molecule has 0 atom stereocenters. The number of rotatable bonds is 9. The van der Waals surface area contributed by atoms with Gasteiger partial charge in [-0.3, -0.25) is 0 Å². The maximum Gasteiger partial charge on any atom is 0.191 e. The second-order valence-electron chi connectivity index (χ2n) is 7.46. The minimum absolute atomic E-state index is 0. The molecule has 0 radical (unpaired) electrons. The van der Waals surface area contributed by atoms with E-state index in [1.165, 1.54) is 0 Å². The monoisotopic (exact) mass is 542 g/mol. The van der Waals surface area contributed by atoms with Gasteiger partial charge in [-0.05, 0) is 45.2 Å². The maximum atomic E-state index is 5.43. The van der Waals surface area contributed by atoms with Crippen LogP contribution in [0.25, 0.3) is 0 Å². The molecule has 1 aliphatic heterocycles. The van der Waals surface area contributed by atoms with Crippen molar-refractivity contribution >= 4 is 35.8 Å². The lowest BCUT2D eigenvalue weighted by Crippen LogP contribution is -2.49. The predicted molar refractivity (Wildman–Crippen MR) is 134 cm³/mol. The summed E-state index contributed by atoms with van der Waals surface area (Å²) >= 11 is 0. The number of pyridine rings is 1. The number of ether oxygens (including phenoxy) is 1. The van der Waals surface area contributed by atoms with Crippen molar-refractivity contribution in [3.63, 3.8) is 0 Å². The normalized spacial score (nSPS) is 14.9. The van der Waals surface area contributed by atoms with Gasteiger partial charge in [-0.15, -0.1) is 34.2 Å². The van der Waals surface area contributed by atoms with Crippen molar-refractivity contribution in [3.05, 3.63) is 36.0 Å². The molecule has 0 aliphatic carbocycles. The van der Waals surface area contributed by atoms with Gasteiger partial charge in [0.05, 0.1) is 0 Å². The van der Waals surface area contributed by atoms with Crippen LogP contribution in [0.2, 0.25) is 0 Å². The third-order valence-electron chi connectivity index (χ3n) is 5.33. The van der Waals surface area contributed by atoms with Crippen LogP contribution in [0, 0.1) is 6.92 Å². The van der Waals surface area contributed by atoms with Crippen LogP contribution in [0.4, 0.5) is 5.82 Å². The Labute approximate surface area is 202 Å². The van der Waals surface area contributed by atoms with Crippen LogP contribution in [0.5, 0.6) is 0 Å². The first-order valence-corrected chi connectivity index (χ1v) is 10.8. The Kier molecular flexibility index (Phi) is 11.0. The maximum absolute atomic E-state index is 5.43. The van der Waals surface area contributed by atoms with Crippen LogP contribution < -0.4 is 15.5 Å². The molecule has 0 saturated carbocycles. The molecule has 2 aromatic heterocycles. The third-order valence-corrected chi connectivity index (χ3v) is 5.33. The predicted octanol–water partition coefficient (Wildman–Crippen LogP) is 2.27. The lowest BCUT2D eigenvalue weighted by molar-refractivity contribution is 0.145. The van der Waals surface area contributed by atoms with Crippen molar-refractivity contribution in [2.75, 3.05) is 37.7 Å². The average Bonchev–Trinajstić information content (AvgIpc) is 3.10. The molecule has 3 rings (SSSR count). The lowest BCUT2D eigenvalue weighted by atomic mass is 10.1. The molecule has 1 fully saturated rings. The first kappa shape index (κ1) is 25.3. The molecule has 10 heteroatoms. The second kappa shape index (κ2) is 13.5. The summed E-state index contributed by atoms with van der Waals surface area (Å²) in [5.74, 6) is 3.62. The summed E-state index contributed by atoms with van der Waals surface area (Å²) in [5, 5.41) is 15.4. The number of hydrogen-bond donors (Lipinski definition) is 2. The third kappa shape index (κ3) is 7.91. The van der Waals surface area contributed by atoms with E-state index in [0.717, 1.165) is 75.5 Å². The number of halogens is 1. The number of aliphatic imine (C=N–C) groups is 1. The largest absolute Gasteiger partial charge is 0.382 e. The molecule has 1 saturated heterocycles.